The Kier molecular flexibility index (Phi) is 7.18. The highest BCUT2D eigenvalue weighted by atomic mass is 32.1. The summed E-state index contributed by atoms with van der Waals surface area (Å²) in [6.07, 6.45) is 3.39. The molecule has 0 aliphatic rings. The van der Waals surface area contributed by atoms with E-state index in [0.717, 1.165) is 41.0 Å². The van der Waals surface area contributed by atoms with Gasteiger partial charge in [-0.15, -0.1) is 11.3 Å². The Labute approximate surface area is 202 Å². The van der Waals surface area contributed by atoms with Crippen molar-refractivity contribution in [1.82, 2.24) is 20.1 Å². The number of carbonyl (C=O) groups excluding carboxylic acids is 2. The molecule has 0 radical (unpaired) electrons. The summed E-state index contributed by atoms with van der Waals surface area (Å²) in [5.74, 6) is -0.232. The Hall–Kier alpha value is -3.78. The van der Waals surface area contributed by atoms with Crippen LogP contribution in [0, 0.1) is 13.8 Å². The molecule has 8 heteroatoms. The number of aromatic nitrogens is 3. The van der Waals surface area contributed by atoms with Crippen LogP contribution in [0.2, 0.25) is 0 Å². The number of nitrogens with one attached hydrogen (secondary N) is 2. The third-order valence-corrected chi connectivity index (χ3v) is 6.35. The second-order valence-electron chi connectivity index (χ2n) is 8.12. The van der Waals surface area contributed by atoms with Gasteiger partial charge in [0.1, 0.15) is 0 Å². The van der Waals surface area contributed by atoms with Crippen LogP contribution in [0.3, 0.4) is 0 Å². The van der Waals surface area contributed by atoms with Crippen molar-refractivity contribution in [3.8, 4) is 16.9 Å². The van der Waals surface area contributed by atoms with Gasteiger partial charge in [-0.25, -0.2) is 9.67 Å². The number of carbonyl (C=O) groups is 2. The predicted molar refractivity (Wildman–Crippen MR) is 136 cm³/mol. The van der Waals surface area contributed by atoms with Gasteiger partial charge in [0, 0.05) is 24.4 Å². The van der Waals surface area contributed by atoms with Crippen molar-refractivity contribution in [2.75, 3.05) is 11.9 Å². The average Bonchev–Trinajstić information content (AvgIpc) is 3.44. The SMILES string of the molecule is CC(=O)NCCCc1ccc(-c2csc(NC(=O)c3cnn(-c4ccccc4C)c3C)n2)cc1. The Bertz CT molecular complexity index is 1310. The van der Waals surface area contributed by atoms with Gasteiger partial charge >= 0.3 is 0 Å². The first-order valence-corrected chi connectivity index (χ1v) is 12.0. The first-order valence-electron chi connectivity index (χ1n) is 11.1. The maximum atomic E-state index is 12.9. The fraction of sp³-hybridized carbons (Fsp3) is 0.231. The molecule has 7 nitrogen and oxygen atoms in total. The van der Waals surface area contributed by atoms with Gasteiger partial charge in [0.05, 0.1) is 28.8 Å². The molecular formula is C26H27N5O2S. The summed E-state index contributed by atoms with van der Waals surface area (Å²) < 4.78 is 1.79. The standard InChI is InChI=1S/C26H27N5O2S/c1-17-7-4-5-9-24(17)31-18(2)22(15-28-31)25(33)30-26-29-23(16-34-26)21-12-10-20(11-13-21)8-6-14-27-19(3)32/h4-5,7,9-13,15-16H,6,8,14H2,1-3H3,(H,27,32)(H,29,30,33). The largest absolute Gasteiger partial charge is 0.356 e. The summed E-state index contributed by atoms with van der Waals surface area (Å²) >= 11 is 1.39. The number of aryl methyl sites for hydroxylation is 2. The van der Waals surface area contributed by atoms with Crippen LogP contribution in [0.4, 0.5) is 5.13 Å². The molecule has 4 rings (SSSR count). The van der Waals surface area contributed by atoms with Crippen molar-refractivity contribution >= 4 is 28.3 Å². The van der Waals surface area contributed by atoms with Crippen molar-refractivity contribution in [1.29, 1.82) is 0 Å². The van der Waals surface area contributed by atoms with Crippen molar-refractivity contribution in [3.63, 3.8) is 0 Å². The monoisotopic (exact) mass is 473 g/mol. The first-order chi connectivity index (χ1) is 16.4. The van der Waals surface area contributed by atoms with Crippen molar-refractivity contribution in [2.45, 2.75) is 33.6 Å². The molecule has 0 unspecified atom stereocenters. The van der Waals surface area contributed by atoms with E-state index in [2.05, 4.69) is 32.8 Å². The van der Waals surface area contributed by atoms with E-state index in [4.69, 9.17) is 0 Å². The van der Waals surface area contributed by atoms with Gasteiger partial charge in [0.25, 0.3) is 5.91 Å². The second-order valence-corrected chi connectivity index (χ2v) is 8.98. The van der Waals surface area contributed by atoms with E-state index in [1.165, 1.54) is 23.8 Å². The molecule has 0 bridgehead atoms. The van der Waals surface area contributed by atoms with E-state index >= 15 is 0 Å². The van der Waals surface area contributed by atoms with Gasteiger partial charge in [-0.1, -0.05) is 42.5 Å². The smallest absolute Gasteiger partial charge is 0.260 e. The lowest BCUT2D eigenvalue weighted by Gasteiger charge is -2.08. The molecule has 2 heterocycles. The number of amides is 2. The third-order valence-electron chi connectivity index (χ3n) is 5.59. The topological polar surface area (TPSA) is 88.9 Å². The van der Waals surface area contributed by atoms with Crippen LogP contribution in [-0.2, 0) is 11.2 Å². The Morgan fingerprint density at radius 1 is 1.06 bits per heavy atom. The molecule has 2 aromatic carbocycles. The Balaban J connectivity index is 1.40. The number of nitrogens with zero attached hydrogens (tertiary/aromatic N) is 3. The van der Waals surface area contributed by atoms with Crippen molar-refractivity contribution < 1.29 is 9.59 Å². The summed E-state index contributed by atoms with van der Waals surface area (Å²) in [7, 11) is 0. The number of hydrogen-bond acceptors (Lipinski definition) is 5. The molecule has 0 aliphatic heterocycles. The molecule has 0 atom stereocenters. The molecule has 0 saturated heterocycles. The maximum Gasteiger partial charge on any atom is 0.260 e. The van der Waals surface area contributed by atoms with Crippen LogP contribution in [0.25, 0.3) is 16.9 Å². The highest BCUT2D eigenvalue weighted by molar-refractivity contribution is 7.14. The molecule has 2 amide bonds. The van der Waals surface area contributed by atoms with Gasteiger partial charge < -0.3 is 5.32 Å². The normalized spacial score (nSPS) is 10.8. The summed E-state index contributed by atoms with van der Waals surface area (Å²) in [6, 6.07) is 16.2. The molecule has 174 valence electrons. The van der Waals surface area contributed by atoms with Crippen LogP contribution >= 0.6 is 11.3 Å². The molecule has 0 saturated carbocycles. The lowest BCUT2D eigenvalue weighted by atomic mass is 10.1. The molecule has 2 aromatic heterocycles. The van der Waals surface area contributed by atoms with Crippen LogP contribution in [-0.4, -0.2) is 33.1 Å². The van der Waals surface area contributed by atoms with Gasteiger partial charge in [-0.05, 0) is 43.9 Å². The number of rotatable bonds is 8. The minimum absolute atomic E-state index is 0.00272. The quantitative estimate of drug-likeness (QED) is 0.355. The lowest BCUT2D eigenvalue weighted by Crippen LogP contribution is -2.21. The van der Waals surface area contributed by atoms with Gasteiger partial charge in [-0.3, -0.25) is 14.9 Å². The van der Waals surface area contributed by atoms with Crippen LogP contribution in [0.15, 0.2) is 60.1 Å². The van der Waals surface area contributed by atoms with Gasteiger partial charge in [0.15, 0.2) is 5.13 Å². The summed E-state index contributed by atoms with van der Waals surface area (Å²) in [4.78, 5) is 28.4. The number of para-hydroxylation sites is 1. The summed E-state index contributed by atoms with van der Waals surface area (Å²) in [5, 5.41) is 12.6. The van der Waals surface area contributed by atoms with Crippen molar-refractivity contribution in [2.24, 2.45) is 0 Å². The minimum atomic E-state index is -0.229. The van der Waals surface area contributed by atoms with E-state index in [0.29, 0.717) is 17.2 Å². The zero-order valence-corrected chi connectivity index (χ0v) is 20.3. The number of hydrogen-bond donors (Lipinski definition) is 2. The van der Waals surface area contributed by atoms with Crippen LogP contribution < -0.4 is 10.6 Å². The second kappa shape index (κ2) is 10.4. The van der Waals surface area contributed by atoms with Gasteiger partial charge in [-0.2, -0.15) is 5.10 Å². The fourth-order valence-electron chi connectivity index (χ4n) is 3.70. The molecule has 34 heavy (non-hydrogen) atoms. The van der Waals surface area contributed by atoms with Gasteiger partial charge in [0.2, 0.25) is 5.91 Å². The van der Waals surface area contributed by atoms with E-state index in [1.807, 2.05) is 55.6 Å². The van der Waals surface area contributed by atoms with E-state index in [-0.39, 0.29) is 11.8 Å². The molecule has 4 aromatic rings. The lowest BCUT2D eigenvalue weighted by molar-refractivity contribution is -0.118. The molecule has 0 fully saturated rings. The molecule has 2 N–H and O–H groups in total. The number of benzene rings is 2. The molecule has 0 aliphatic carbocycles. The zero-order valence-electron chi connectivity index (χ0n) is 19.5. The zero-order chi connectivity index (χ0) is 24.1. The number of anilines is 1. The van der Waals surface area contributed by atoms with Crippen LogP contribution in [0.5, 0.6) is 0 Å². The Morgan fingerprint density at radius 3 is 2.56 bits per heavy atom. The van der Waals surface area contributed by atoms with E-state index in [9.17, 15) is 9.59 Å². The summed E-state index contributed by atoms with van der Waals surface area (Å²) in [5.41, 5.74) is 6.35. The van der Waals surface area contributed by atoms with Crippen LogP contribution in [0.1, 0.15) is 40.5 Å². The maximum absolute atomic E-state index is 12.9. The number of thiazole rings is 1. The fourth-order valence-corrected chi connectivity index (χ4v) is 4.42. The average molecular weight is 474 g/mol. The highest BCUT2D eigenvalue weighted by Gasteiger charge is 2.17. The molecular weight excluding hydrogens is 446 g/mol. The van der Waals surface area contributed by atoms with E-state index in [1.54, 1.807) is 10.9 Å². The minimum Gasteiger partial charge on any atom is -0.356 e. The van der Waals surface area contributed by atoms with Crippen molar-refractivity contribution in [3.05, 3.63) is 82.5 Å². The summed E-state index contributed by atoms with van der Waals surface area (Å²) in [6.45, 7) is 6.11. The highest BCUT2D eigenvalue weighted by Crippen LogP contribution is 2.26. The van der Waals surface area contributed by atoms with E-state index < -0.39 is 0 Å². The first kappa shape index (κ1) is 23.4. The third kappa shape index (κ3) is 5.40. The Morgan fingerprint density at radius 2 is 1.82 bits per heavy atom. The molecule has 0 spiro atoms. The predicted octanol–water partition coefficient (Wildman–Crippen LogP) is 4.93.